The second-order valence-electron chi connectivity index (χ2n) is 4.03. The highest BCUT2D eigenvalue weighted by molar-refractivity contribution is 9.10. The van der Waals surface area contributed by atoms with E-state index in [2.05, 4.69) is 60.1 Å². The molecule has 0 aliphatic carbocycles. The van der Waals surface area contributed by atoms with Gasteiger partial charge in [0, 0.05) is 14.2 Å². The predicted octanol–water partition coefficient (Wildman–Crippen LogP) is 5.71. The number of hydrogen-bond donors (Lipinski definition) is 0. The molecular weight excluding hydrogens is 316 g/mol. The molecule has 17 heavy (non-hydrogen) atoms. The van der Waals surface area contributed by atoms with Crippen LogP contribution < -0.4 is 0 Å². The lowest BCUT2D eigenvalue weighted by Crippen LogP contribution is -1.91. The zero-order valence-electron chi connectivity index (χ0n) is 9.84. The van der Waals surface area contributed by atoms with E-state index in [-0.39, 0.29) is 5.38 Å². The number of halogens is 2. The lowest BCUT2D eigenvalue weighted by atomic mass is 10.1. The summed E-state index contributed by atoms with van der Waals surface area (Å²) in [6.45, 7) is 4.26. The van der Waals surface area contributed by atoms with Crippen LogP contribution in [0, 0.1) is 6.92 Å². The number of rotatable bonds is 3. The maximum Gasteiger partial charge on any atom is 0.0927 e. The van der Waals surface area contributed by atoms with E-state index in [1.54, 1.807) is 11.3 Å². The molecule has 0 fully saturated rings. The Morgan fingerprint density at radius 2 is 2.06 bits per heavy atom. The molecule has 0 aliphatic rings. The smallest absolute Gasteiger partial charge is 0.0927 e. The molecule has 1 atom stereocenters. The Labute approximate surface area is 120 Å². The largest absolute Gasteiger partial charge is 0.143 e. The maximum atomic E-state index is 6.52. The third kappa shape index (κ3) is 2.93. The minimum Gasteiger partial charge on any atom is -0.143 e. The van der Waals surface area contributed by atoms with Gasteiger partial charge in [-0.3, -0.25) is 0 Å². The van der Waals surface area contributed by atoms with E-state index in [4.69, 9.17) is 11.6 Å². The Balaban J connectivity index is 2.29. The molecule has 1 aromatic carbocycles. The monoisotopic (exact) mass is 328 g/mol. The van der Waals surface area contributed by atoms with Crippen molar-refractivity contribution in [3.63, 3.8) is 0 Å². The van der Waals surface area contributed by atoms with Crippen LogP contribution in [0.25, 0.3) is 0 Å². The average Bonchev–Trinajstić information content (AvgIpc) is 2.80. The standard InChI is InChI=1S/C14H14BrClS/c1-3-11-5-7-13(17-11)14(16)10-4-6-12(15)9(2)8-10/h4-8,14H,3H2,1-2H3. The summed E-state index contributed by atoms with van der Waals surface area (Å²) < 4.78 is 1.13. The van der Waals surface area contributed by atoms with Crippen molar-refractivity contribution in [1.29, 1.82) is 0 Å². The van der Waals surface area contributed by atoms with E-state index in [0.29, 0.717) is 0 Å². The molecular formula is C14H14BrClS. The normalized spacial score (nSPS) is 12.7. The fourth-order valence-electron chi connectivity index (χ4n) is 1.71. The van der Waals surface area contributed by atoms with E-state index >= 15 is 0 Å². The molecule has 0 radical (unpaired) electrons. The summed E-state index contributed by atoms with van der Waals surface area (Å²) >= 11 is 11.8. The lowest BCUT2D eigenvalue weighted by molar-refractivity contribution is 1.17. The molecule has 2 rings (SSSR count). The molecule has 0 amide bonds. The van der Waals surface area contributed by atoms with Gasteiger partial charge in [-0.25, -0.2) is 0 Å². The van der Waals surface area contributed by atoms with Gasteiger partial charge in [0.1, 0.15) is 0 Å². The molecule has 0 bridgehead atoms. The Hall–Kier alpha value is -0.310. The van der Waals surface area contributed by atoms with Crippen LogP contribution in [0.4, 0.5) is 0 Å². The number of hydrogen-bond acceptors (Lipinski definition) is 1. The summed E-state index contributed by atoms with van der Waals surface area (Å²) in [7, 11) is 0. The van der Waals surface area contributed by atoms with Crippen molar-refractivity contribution in [2.45, 2.75) is 25.6 Å². The van der Waals surface area contributed by atoms with Crippen molar-refractivity contribution < 1.29 is 0 Å². The van der Waals surface area contributed by atoms with Gasteiger partial charge in [0.25, 0.3) is 0 Å². The van der Waals surface area contributed by atoms with Crippen LogP contribution in [0.2, 0.25) is 0 Å². The van der Waals surface area contributed by atoms with Gasteiger partial charge in [-0.15, -0.1) is 22.9 Å². The number of aryl methyl sites for hydroxylation is 2. The van der Waals surface area contributed by atoms with Gasteiger partial charge in [-0.1, -0.05) is 35.0 Å². The van der Waals surface area contributed by atoms with E-state index in [9.17, 15) is 0 Å². The molecule has 1 aromatic heterocycles. The molecule has 0 N–H and O–H groups in total. The van der Waals surface area contributed by atoms with Gasteiger partial charge >= 0.3 is 0 Å². The Morgan fingerprint density at radius 3 is 2.65 bits per heavy atom. The molecule has 90 valence electrons. The minimum absolute atomic E-state index is 0.0351. The molecule has 1 heterocycles. The Bertz CT molecular complexity index is 519. The molecule has 0 saturated heterocycles. The fraction of sp³-hybridized carbons (Fsp3) is 0.286. The second-order valence-corrected chi connectivity index (χ2v) is 6.52. The van der Waals surface area contributed by atoms with Crippen LogP contribution in [0.5, 0.6) is 0 Å². The third-order valence-electron chi connectivity index (χ3n) is 2.76. The van der Waals surface area contributed by atoms with Crippen molar-refractivity contribution in [3.8, 4) is 0 Å². The highest BCUT2D eigenvalue weighted by Gasteiger charge is 2.13. The second kappa shape index (κ2) is 5.55. The molecule has 0 nitrogen and oxygen atoms in total. The average molecular weight is 330 g/mol. The molecule has 0 saturated carbocycles. The zero-order valence-corrected chi connectivity index (χ0v) is 13.0. The van der Waals surface area contributed by atoms with Gasteiger partial charge in [0.2, 0.25) is 0 Å². The van der Waals surface area contributed by atoms with Gasteiger partial charge in [-0.2, -0.15) is 0 Å². The fourth-order valence-corrected chi connectivity index (χ4v) is 3.26. The van der Waals surface area contributed by atoms with Crippen LogP contribution in [0.3, 0.4) is 0 Å². The maximum absolute atomic E-state index is 6.52. The van der Waals surface area contributed by atoms with E-state index in [0.717, 1.165) is 16.5 Å². The number of thiophene rings is 1. The quantitative estimate of drug-likeness (QED) is 0.633. The van der Waals surface area contributed by atoms with Crippen molar-refractivity contribution in [1.82, 2.24) is 0 Å². The highest BCUT2D eigenvalue weighted by Crippen LogP contribution is 2.35. The summed E-state index contributed by atoms with van der Waals surface area (Å²) in [6, 6.07) is 10.6. The van der Waals surface area contributed by atoms with Crippen LogP contribution in [0.15, 0.2) is 34.8 Å². The van der Waals surface area contributed by atoms with E-state index in [1.807, 2.05) is 0 Å². The highest BCUT2D eigenvalue weighted by atomic mass is 79.9. The predicted molar refractivity (Wildman–Crippen MR) is 80.3 cm³/mol. The SMILES string of the molecule is CCc1ccc(C(Cl)c2ccc(Br)c(C)c2)s1. The first-order chi connectivity index (χ1) is 8.11. The van der Waals surface area contributed by atoms with E-state index < -0.39 is 0 Å². The zero-order chi connectivity index (χ0) is 12.4. The molecule has 1 unspecified atom stereocenters. The van der Waals surface area contributed by atoms with Gasteiger partial charge in [0.15, 0.2) is 0 Å². The van der Waals surface area contributed by atoms with Crippen molar-refractivity contribution >= 4 is 38.9 Å². The third-order valence-corrected chi connectivity index (χ3v) is 5.56. The Kier molecular flexibility index (Phi) is 4.29. The summed E-state index contributed by atoms with van der Waals surface area (Å²) in [5, 5.41) is -0.0351. The van der Waals surface area contributed by atoms with Crippen LogP contribution in [0.1, 0.15) is 33.2 Å². The Morgan fingerprint density at radius 1 is 1.29 bits per heavy atom. The van der Waals surface area contributed by atoms with Gasteiger partial charge in [0.05, 0.1) is 5.38 Å². The molecule has 3 heteroatoms. The van der Waals surface area contributed by atoms with Crippen LogP contribution in [-0.2, 0) is 6.42 Å². The summed E-state index contributed by atoms with van der Waals surface area (Å²) in [5.74, 6) is 0. The molecule has 0 aliphatic heterocycles. The first kappa shape index (κ1) is 13.1. The lowest BCUT2D eigenvalue weighted by Gasteiger charge is -2.09. The first-order valence-electron chi connectivity index (χ1n) is 5.60. The van der Waals surface area contributed by atoms with Gasteiger partial charge < -0.3 is 0 Å². The molecule has 0 spiro atoms. The number of benzene rings is 1. The van der Waals surface area contributed by atoms with Crippen molar-refractivity contribution in [3.05, 3.63) is 55.7 Å². The molecule has 2 aromatic rings. The number of alkyl halides is 1. The summed E-state index contributed by atoms with van der Waals surface area (Å²) in [4.78, 5) is 2.62. The first-order valence-corrected chi connectivity index (χ1v) is 7.65. The topological polar surface area (TPSA) is 0 Å². The summed E-state index contributed by atoms with van der Waals surface area (Å²) in [6.07, 6.45) is 1.08. The van der Waals surface area contributed by atoms with Crippen LogP contribution in [-0.4, -0.2) is 0 Å². The summed E-state index contributed by atoms with van der Waals surface area (Å²) in [5.41, 5.74) is 2.39. The van der Waals surface area contributed by atoms with Crippen molar-refractivity contribution in [2.24, 2.45) is 0 Å². The van der Waals surface area contributed by atoms with Gasteiger partial charge in [-0.05, 0) is 42.7 Å². The van der Waals surface area contributed by atoms with Crippen molar-refractivity contribution in [2.75, 3.05) is 0 Å². The van der Waals surface area contributed by atoms with E-state index in [1.165, 1.54) is 15.3 Å². The van der Waals surface area contributed by atoms with Crippen LogP contribution >= 0.6 is 38.9 Å². The minimum atomic E-state index is -0.0351.